The van der Waals surface area contributed by atoms with Gasteiger partial charge in [0, 0.05) is 18.9 Å². The molecule has 0 radical (unpaired) electrons. The minimum absolute atomic E-state index is 0.0582. The first kappa shape index (κ1) is 14.2. The maximum atomic E-state index is 12.0. The molecule has 19 heavy (non-hydrogen) atoms. The van der Waals surface area contributed by atoms with Crippen molar-refractivity contribution in [1.82, 2.24) is 10.2 Å². The van der Waals surface area contributed by atoms with E-state index in [1.54, 1.807) is 0 Å². The van der Waals surface area contributed by atoms with Gasteiger partial charge in [-0.2, -0.15) is 0 Å². The highest BCUT2D eigenvalue weighted by Gasteiger charge is 2.38. The lowest BCUT2D eigenvalue weighted by molar-refractivity contribution is -0.143. The number of aliphatic hydroxyl groups excluding tert-OH is 1. The third-order valence-corrected chi connectivity index (χ3v) is 4.23. The molecule has 0 aromatic heterocycles. The molecule has 2 unspecified atom stereocenters. The second kappa shape index (κ2) is 5.43. The lowest BCUT2D eigenvalue weighted by Crippen LogP contribution is -2.57. The summed E-state index contributed by atoms with van der Waals surface area (Å²) in [5.74, 6) is -0.180. The van der Waals surface area contributed by atoms with E-state index < -0.39 is 12.3 Å². The van der Waals surface area contributed by atoms with E-state index in [0.717, 1.165) is 5.57 Å². The molecule has 1 saturated heterocycles. The number of nitrogens with zero attached hydrogens (tertiary/aromatic N) is 1. The van der Waals surface area contributed by atoms with Crippen LogP contribution in [0.4, 0.5) is 0 Å². The Balaban J connectivity index is 2.20. The molecule has 5 nitrogen and oxygen atoms in total. The van der Waals surface area contributed by atoms with Crippen molar-refractivity contribution in [1.29, 1.82) is 0 Å². The van der Waals surface area contributed by atoms with Gasteiger partial charge in [0.05, 0.1) is 6.04 Å². The van der Waals surface area contributed by atoms with Crippen LogP contribution in [0.3, 0.4) is 0 Å². The van der Waals surface area contributed by atoms with Crippen LogP contribution in [0.5, 0.6) is 0 Å². The predicted octanol–water partition coefficient (Wildman–Crippen LogP) is 0.644. The van der Waals surface area contributed by atoms with Gasteiger partial charge in [0.15, 0.2) is 0 Å². The zero-order valence-electron chi connectivity index (χ0n) is 11.7. The van der Waals surface area contributed by atoms with Crippen molar-refractivity contribution < 1.29 is 14.7 Å². The van der Waals surface area contributed by atoms with Crippen LogP contribution in [0.2, 0.25) is 0 Å². The minimum Gasteiger partial charge on any atom is -0.378 e. The monoisotopic (exact) mass is 266 g/mol. The molecule has 0 aromatic carbocycles. The van der Waals surface area contributed by atoms with Gasteiger partial charge in [-0.25, -0.2) is 0 Å². The number of rotatable bonds is 1. The van der Waals surface area contributed by atoms with Crippen molar-refractivity contribution in [3.8, 4) is 0 Å². The molecular weight excluding hydrogens is 244 g/mol. The molecule has 2 rings (SSSR count). The molecule has 5 heteroatoms. The van der Waals surface area contributed by atoms with Crippen molar-refractivity contribution in [2.45, 2.75) is 45.9 Å². The topological polar surface area (TPSA) is 69.6 Å². The van der Waals surface area contributed by atoms with Crippen LogP contribution >= 0.6 is 0 Å². The number of hydrogen-bond donors (Lipinski definition) is 2. The number of amides is 2. The molecule has 2 heterocycles. The molecule has 0 bridgehead atoms. The normalized spacial score (nSPS) is 37.6. The molecule has 4 atom stereocenters. The number of piperidine rings is 1. The summed E-state index contributed by atoms with van der Waals surface area (Å²) in [6.45, 7) is 6.65. The van der Waals surface area contributed by atoms with Crippen LogP contribution in [0.15, 0.2) is 11.6 Å². The van der Waals surface area contributed by atoms with Crippen LogP contribution in [0, 0.1) is 11.8 Å². The molecule has 0 aliphatic carbocycles. The van der Waals surface area contributed by atoms with E-state index in [1.165, 1.54) is 0 Å². The van der Waals surface area contributed by atoms with Crippen LogP contribution in [-0.2, 0) is 9.59 Å². The van der Waals surface area contributed by atoms with Gasteiger partial charge in [-0.15, -0.1) is 0 Å². The third-order valence-electron chi connectivity index (χ3n) is 4.23. The Morgan fingerprint density at radius 2 is 2.05 bits per heavy atom. The molecule has 0 spiro atoms. The summed E-state index contributed by atoms with van der Waals surface area (Å²) in [4.78, 5) is 25.0. The average Bonchev–Trinajstić information content (AvgIpc) is 2.42. The van der Waals surface area contributed by atoms with Crippen molar-refractivity contribution >= 4 is 11.8 Å². The van der Waals surface area contributed by atoms with Gasteiger partial charge in [-0.05, 0) is 19.3 Å². The van der Waals surface area contributed by atoms with Gasteiger partial charge in [0.2, 0.25) is 11.8 Å². The van der Waals surface area contributed by atoms with Crippen LogP contribution in [-0.4, -0.2) is 40.6 Å². The Morgan fingerprint density at radius 1 is 1.37 bits per heavy atom. The van der Waals surface area contributed by atoms with Crippen molar-refractivity contribution in [2.75, 3.05) is 6.54 Å². The first-order valence-electron chi connectivity index (χ1n) is 6.85. The number of carbonyl (C=O) groups is 2. The van der Waals surface area contributed by atoms with E-state index in [4.69, 9.17) is 0 Å². The number of allylic oxidation sites excluding steroid dienone is 1. The van der Waals surface area contributed by atoms with Gasteiger partial charge in [-0.1, -0.05) is 25.5 Å². The molecule has 0 aromatic rings. The fraction of sp³-hybridized carbons (Fsp3) is 0.714. The Bertz CT molecular complexity index is 419. The van der Waals surface area contributed by atoms with Crippen LogP contribution < -0.4 is 5.32 Å². The number of carbonyl (C=O) groups excluding carboxylic acids is 2. The SMILES string of the molecule is CC1=CC(C)[C@@H](C)[C@H](O)N(C2CCC(=O)NC2=O)C1. The standard InChI is InChI=1S/C14H22N2O3/c1-8-6-9(2)10(3)14(19)16(7-8)11-4-5-12(17)15-13(11)18/h6,9-11,14,19H,4-5,7H2,1-3H3,(H,15,17,18)/t9?,10-,11?,14+/m1/s1. The quantitative estimate of drug-likeness (QED) is 0.540. The lowest BCUT2D eigenvalue weighted by atomic mass is 9.93. The fourth-order valence-electron chi connectivity index (χ4n) is 2.90. The van der Waals surface area contributed by atoms with E-state index in [2.05, 4.69) is 18.3 Å². The highest BCUT2D eigenvalue weighted by Crippen LogP contribution is 2.28. The lowest BCUT2D eigenvalue weighted by Gasteiger charge is -2.38. The summed E-state index contributed by atoms with van der Waals surface area (Å²) in [6, 6.07) is -0.413. The summed E-state index contributed by atoms with van der Waals surface area (Å²) in [6.07, 6.45) is 2.31. The average molecular weight is 266 g/mol. The highest BCUT2D eigenvalue weighted by atomic mass is 16.3. The minimum atomic E-state index is -0.660. The maximum Gasteiger partial charge on any atom is 0.244 e. The summed E-state index contributed by atoms with van der Waals surface area (Å²) < 4.78 is 0. The first-order chi connectivity index (χ1) is 8.90. The maximum absolute atomic E-state index is 12.0. The Kier molecular flexibility index (Phi) is 4.06. The van der Waals surface area contributed by atoms with Gasteiger partial charge < -0.3 is 5.11 Å². The first-order valence-corrected chi connectivity index (χ1v) is 6.85. The van der Waals surface area contributed by atoms with Crippen molar-refractivity contribution in [2.24, 2.45) is 11.8 Å². The molecule has 1 fully saturated rings. The van der Waals surface area contributed by atoms with Gasteiger partial charge in [0.25, 0.3) is 0 Å². The van der Waals surface area contributed by atoms with Gasteiger partial charge >= 0.3 is 0 Å². The number of hydrogen-bond acceptors (Lipinski definition) is 4. The highest BCUT2D eigenvalue weighted by molar-refractivity contribution is 6.00. The molecule has 106 valence electrons. The Hall–Kier alpha value is -1.20. The van der Waals surface area contributed by atoms with Crippen LogP contribution in [0.25, 0.3) is 0 Å². The van der Waals surface area contributed by atoms with Gasteiger partial charge in [-0.3, -0.25) is 19.8 Å². The summed E-state index contributed by atoms with van der Waals surface area (Å²) in [7, 11) is 0. The van der Waals surface area contributed by atoms with E-state index in [9.17, 15) is 14.7 Å². The van der Waals surface area contributed by atoms with Gasteiger partial charge in [0.1, 0.15) is 6.23 Å². The largest absolute Gasteiger partial charge is 0.378 e. The number of nitrogens with one attached hydrogen (secondary N) is 1. The summed E-state index contributed by atoms with van der Waals surface area (Å²) in [5.41, 5.74) is 1.15. The molecule has 2 aliphatic heterocycles. The van der Waals surface area contributed by atoms with Crippen molar-refractivity contribution in [3.63, 3.8) is 0 Å². The van der Waals surface area contributed by atoms with Crippen molar-refractivity contribution in [3.05, 3.63) is 11.6 Å². The van der Waals surface area contributed by atoms with E-state index >= 15 is 0 Å². The smallest absolute Gasteiger partial charge is 0.244 e. The van der Waals surface area contributed by atoms with E-state index in [-0.39, 0.29) is 23.7 Å². The third kappa shape index (κ3) is 2.87. The molecule has 0 saturated carbocycles. The second-order valence-corrected chi connectivity index (χ2v) is 5.78. The predicted molar refractivity (Wildman–Crippen MR) is 71.0 cm³/mol. The Labute approximate surface area is 113 Å². The zero-order valence-corrected chi connectivity index (χ0v) is 11.7. The van der Waals surface area contributed by atoms with E-state index in [1.807, 2.05) is 18.7 Å². The molecular formula is C14H22N2O3. The molecule has 2 aliphatic rings. The summed E-state index contributed by atoms with van der Waals surface area (Å²) >= 11 is 0. The molecule has 2 N–H and O–H groups in total. The van der Waals surface area contributed by atoms with Crippen LogP contribution in [0.1, 0.15) is 33.6 Å². The second-order valence-electron chi connectivity index (χ2n) is 5.78. The zero-order chi connectivity index (χ0) is 14.2. The molecule has 2 amide bonds. The number of imide groups is 1. The summed E-state index contributed by atoms with van der Waals surface area (Å²) in [5, 5.41) is 12.8. The fourth-order valence-corrected chi connectivity index (χ4v) is 2.90. The Morgan fingerprint density at radius 3 is 2.68 bits per heavy atom. The number of aliphatic hydroxyl groups is 1. The van der Waals surface area contributed by atoms with E-state index in [0.29, 0.717) is 19.4 Å².